The topological polar surface area (TPSA) is 63.6 Å². The van der Waals surface area contributed by atoms with Gasteiger partial charge in [-0.3, -0.25) is 9.59 Å². The first-order chi connectivity index (χ1) is 6.63. The molecule has 0 aliphatic rings. The fourth-order valence-electron chi connectivity index (χ4n) is 1.18. The van der Waals surface area contributed by atoms with Crippen molar-refractivity contribution in [3.05, 3.63) is 0 Å². The molecule has 0 amide bonds. The Morgan fingerprint density at radius 1 is 1.29 bits per heavy atom. The van der Waals surface area contributed by atoms with E-state index in [4.69, 9.17) is 5.11 Å². The summed E-state index contributed by atoms with van der Waals surface area (Å²) in [7, 11) is 0. The Labute approximate surface area is 84.3 Å². The second-order valence-corrected chi connectivity index (χ2v) is 3.14. The van der Waals surface area contributed by atoms with Gasteiger partial charge in [0.25, 0.3) is 0 Å². The summed E-state index contributed by atoms with van der Waals surface area (Å²) < 4.78 is 4.68. The molecular weight excluding hydrogens is 184 g/mol. The fourth-order valence-corrected chi connectivity index (χ4v) is 1.18. The van der Waals surface area contributed by atoms with Crippen molar-refractivity contribution in [2.24, 2.45) is 5.92 Å². The van der Waals surface area contributed by atoms with Crippen LogP contribution in [0, 0.1) is 5.92 Å². The van der Waals surface area contributed by atoms with Crippen molar-refractivity contribution in [3.63, 3.8) is 0 Å². The van der Waals surface area contributed by atoms with Gasteiger partial charge in [-0.1, -0.05) is 26.2 Å². The third-order valence-electron chi connectivity index (χ3n) is 1.97. The number of carbonyl (C=O) groups excluding carboxylic acids is 1. The molecule has 0 saturated heterocycles. The average molecular weight is 202 g/mol. The summed E-state index contributed by atoms with van der Waals surface area (Å²) in [6.07, 6.45) is 3.09. The van der Waals surface area contributed by atoms with Crippen LogP contribution in [0.25, 0.3) is 0 Å². The van der Waals surface area contributed by atoms with Gasteiger partial charge in [-0.25, -0.2) is 0 Å². The van der Waals surface area contributed by atoms with Crippen molar-refractivity contribution < 1.29 is 19.4 Å². The fraction of sp³-hybridized carbons (Fsp3) is 0.800. The van der Waals surface area contributed by atoms with Crippen LogP contribution in [0.5, 0.6) is 0 Å². The molecule has 0 fully saturated rings. The van der Waals surface area contributed by atoms with Gasteiger partial charge in [0.1, 0.15) is 0 Å². The smallest absolute Gasteiger partial charge is 0.320 e. The Hall–Kier alpha value is -1.06. The van der Waals surface area contributed by atoms with Crippen LogP contribution >= 0.6 is 0 Å². The predicted octanol–water partition coefficient (Wildman–Crippen LogP) is 1.83. The zero-order valence-electron chi connectivity index (χ0n) is 8.78. The highest BCUT2D eigenvalue weighted by atomic mass is 16.5. The molecule has 1 atom stereocenters. The van der Waals surface area contributed by atoms with E-state index in [1.54, 1.807) is 6.92 Å². The lowest BCUT2D eigenvalue weighted by Crippen LogP contribution is -2.25. The molecule has 0 heterocycles. The average Bonchev–Trinajstić information content (AvgIpc) is 2.12. The molecule has 0 aliphatic heterocycles. The van der Waals surface area contributed by atoms with E-state index in [0.29, 0.717) is 6.42 Å². The van der Waals surface area contributed by atoms with Gasteiger partial charge in [-0.15, -0.1) is 0 Å². The quantitative estimate of drug-likeness (QED) is 0.388. The molecule has 1 N–H and O–H groups in total. The van der Waals surface area contributed by atoms with E-state index in [-0.39, 0.29) is 6.61 Å². The minimum absolute atomic E-state index is 0.233. The van der Waals surface area contributed by atoms with Gasteiger partial charge in [0, 0.05) is 0 Å². The Morgan fingerprint density at radius 2 is 1.93 bits per heavy atom. The summed E-state index contributed by atoms with van der Waals surface area (Å²) in [5.41, 5.74) is 0. The number of aliphatic carboxylic acids is 1. The van der Waals surface area contributed by atoms with Crippen molar-refractivity contribution in [1.29, 1.82) is 0 Å². The molecule has 82 valence electrons. The van der Waals surface area contributed by atoms with Crippen LogP contribution in [-0.4, -0.2) is 23.7 Å². The molecule has 14 heavy (non-hydrogen) atoms. The Morgan fingerprint density at radius 3 is 2.36 bits per heavy atom. The molecule has 4 nitrogen and oxygen atoms in total. The van der Waals surface area contributed by atoms with Crippen molar-refractivity contribution in [2.45, 2.75) is 39.5 Å². The standard InChI is InChI=1S/C10H18O4/c1-3-5-6-7-8(9(11)12)10(13)14-4-2/h8H,3-7H2,1-2H3,(H,11,12)/t8-/m0/s1. The number of ether oxygens (including phenoxy) is 1. The molecule has 4 heteroatoms. The van der Waals surface area contributed by atoms with Crippen LogP contribution < -0.4 is 0 Å². The van der Waals surface area contributed by atoms with Gasteiger partial charge in [-0.2, -0.15) is 0 Å². The molecule has 0 aromatic rings. The Kier molecular flexibility index (Phi) is 6.80. The maximum Gasteiger partial charge on any atom is 0.320 e. The van der Waals surface area contributed by atoms with Crippen molar-refractivity contribution in [1.82, 2.24) is 0 Å². The van der Waals surface area contributed by atoms with Gasteiger partial charge >= 0.3 is 11.9 Å². The first-order valence-electron chi connectivity index (χ1n) is 5.02. The molecular formula is C10H18O4. The third-order valence-corrected chi connectivity index (χ3v) is 1.97. The van der Waals surface area contributed by atoms with E-state index in [9.17, 15) is 9.59 Å². The summed E-state index contributed by atoms with van der Waals surface area (Å²) in [4.78, 5) is 21.9. The molecule has 0 saturated carbocycles. The maximum absolute atomic E-state index is 11.2. The van der Waals surface area contributed by atoms with Gasteiger partial charge < -0.3 is 9.84 Å². The minimum atomic E-state index is -1.08. The lowest BCUT2D eigenvalue weighted by atomic mass is 10.0. The van der Waals surface area contributed by atoms with E-state index in [0.717, 1.165) is 19.3 Å². The van der Waals surface area contributed by atoms with E-state index in [2.05, 4.69) is 4.74 Å². The van der Waals surface area contributed by atoms with Gasteiger partial charge in [0.15, 0.2) is 5.92 Å². The third kappa shape index (κ3) is 4.84. The largest absolute Gasteiger partial charge is 0.481 e. The van der Waals surface area contributed by atoms with Crippen LogP contribution in [0.4, 0.5) is 0 Å². The summed E-state index contributed by atoms with van der Waals surface area (Å²) in [6, 6.07) is 0. The van der Waals surface area contributed by atoms with Crippen LogP contribution in [-0.2, 0) is 14.3 Å². The predicted molar refractivity (Wildman–Crippen MR) is 51.9 cm³/mol. The number of hydrogen-bond donors (Lipinski definition) is 1. The van der Waals surface area contributed by atoms with Crippen LogP contribution in [0.15, 0.2) is 0 Å². The molecule has 0 rings (SSSR count). The zero-order chi connectivity index (χ0) is 11.0. The molecule has 0 radical (unpaired) electrons. The van der Waals surface area contributed by atoms with E-state index < -0.39 is 17.9 Å². The van der Waals surface area contributed by atoms with Crippen molar-refractivity contribution >= 4 is 11.9 Å². The molecule has 0 aliphatic carbocycles. The molecule has 0 unspecified atom stereocenters. The van der Waals surface area contributed by atoms with Crippen LogP contribution in [0.1, 0.15) is 39.5 Å². The second-order valence-electron chi connectivity index (χ2n) is 3.14. The van der Waals surface area contributed by atoms with Gasteiger partial charge in [0.2, 0.25) is 0 Å². The first-order valence-corrected chi connectivity index (χ1v) is 5.02. The second kappa shape index (κ2) is 7.35. The number of carboxylic acids is 1. The summed E-state index contributed by atoms with van der Waals surface area (Å²) >= 11 is 0. The monoisotopic (exact) mass is 202 g/mol. The summed E-state index contributed by atoms with van der Waals surface area (Å²) in [6.45, 7) is 3.93. The first kappa shape index (κ1) is 12.9. The highest BCUT2D eigenvalue weighted by Gasteiger charge is 2.26. The summed E-state index contributed by atoms with van der Waals surface area (Å²) in [5.74, 6) is -2.68. The Balaban J connectivity index is 4.01. The normalized spacial score (nSPS) is 12.1. The number of esters is 1. The summed E-state index contributed by atoms with van der Waals surface area (Å²) in [5, 5.41) is 8.77. The van der Waals surface area contributed by atoms with E-state index in [1.165, 1.54) is 0 Å². The lowest BCUT2D eigenvalue weighted by Gasteiger charge is -2.10. The molecule has 0 spiro atoms. The van der Waals surface area contributed by atoms with Crippen LogP contribution in [0.3, 0.4) is 0 Å². The lowest BCUT2D eigenvalue weighted by molar-refractivity contribution is -0.158. The van der Waals surface area contributed by atoms with Gasteiger partial charge in [0.05, 0.1) is 6.61 Å². The molecule has 0 bridgehead atoms. The molecule has 0 aromatic carbocycles. The van der Waals surface area contributed by atoms with E-state index in [1.807, 2.05) is 6.92 Å². The zero-order valence-corrected chi connectivity index (χ0v) is 8.78. The van der Waals surface area contributed by atoms with Crippen molar-refractivity contribution in [3.8, 4) is 0 Å². The highest BCUT2D eigenvalue weighted by molar-refractivity contribution is 5.93. The van der Waals surface area contributed by atoms with Crippen LogP contribution in [0.2, 0.25) is 0 Å². The molecule has 0 aromatic heterocycles. The maximum atomic E-state index is 11.2. The number of rotatable bonds is 7. The van der Waals surface area contributed by atoms with Gasteiger partial charge in [-0.05, 0) is 13.3 Å². The number of unbranched alkanes of at least 4 members (excludes halogenated alkanes) is 2. The SMILES string of the molecule is CCCCC[C@@H](C(=O)O)C(=O)OCC. The Bertz CT molecular complexity index is 189. The number of hydrogen-bond acceptors (Lipinski definition) is 3. The minimum Gasteiger partial charge on any atom is -0.481 e. The van der Waals surface area contributed by atoms with E-state index >= 15 is 0 Å². The van der Waals surface area contributed by atoms with Crippen molar-refractivity contribution in [2.75, 3.05) is 6.61 Å². The number of carboxylic acid groups (broad SMARTS) is 1. The highest BCUT2D eigenvalue weighted by Crippen LogP contribution is 2.12. The number of carbonyl (C=O) groups is 2.